The average molecular weight is 377 g/mol. The van der Waals surface area contributed by atoms with Crippen molar-refractivity contribution in [3.05, 3.63) is 113 Å². The zero-order valence-electron chi connectivity index (χ0n) is 17.5. The van der Waals surface area contributed by atoms with Gasteiger partial charge in [0.15, 0.2) is 0 Å². The van der Waals surface area contributed by atoms with E-state index >= 15 is 0 Å². The minimum atomic E-state index is 0.184. The molecule has 0 unspecified atom stereocenters. The number of hydrogen-bond acceptors (Lipinski definition) is 0. The lowest BCUT2D eigenvalue weighted by Crippen LogP contribution is -2.24. The summed E-state index contributed by atoms with van der Waals surface area (Å²) in [6.07, 6.45) is 1.33. The molecule has 0 amide bonds. The highest BCUT2D eigenvalue weighted by atomic mass is 14.9. The minimum Gasteiger partial charge on any atom is -0.0622 e. The Labute approximate surface area is 174 Å². The summed E-state index contributed by atoms with van der Waals surface area (Å²) in [7, 11) is 0. The molecule has 0 spiro atoms. The van der Waals surface area contributed by atoms with Crippen LogP contribution in [0.4, 0.5) is 0 Å². The van der Waals surface area contributed by atoms with E-state index in [1.165, 1.54) is 28.7 Å². The number of benzene rings is 3. The Kier molecular flexibility index (Phi) is 3.28. The van der Waals surface area contributed by atoms with E-state index in [4.69, 9.17) is 0 Å². The Morgan fingerprint density at radius 1 is 0.690 bits per heavy atom. The van der Waals surface area contributed by atoms with Gasteiger partial charge in [-0.05, 0) is 56.9 Å². The molecule has 4 atom stereocenters. The topological polar surface area (TPSA) is 0 Å². The van der Waals surface area contributed by atoms with Crippen LogP contribution in [0.2, 0.25) is 0 Å². The molecule has 0 nitrogen and oxygen atoms in total. The highest BCUT2D eigenvalue weighted by molar-refractivity contribution is 5.88. The standard InChI is InChI=1S/C29H28/c1-27(2)23-19-24-28(27,3)29(24,22-17-11-6-12-18-22)26(23)25(20-13-7-4-8-14-20)21-15-9-5-10-16-21/h4-18,23-24H,19H2,1-3H3/t23-,24+,28+,29-/m0/s1. The van der Waals surface area contributed by atoms with Crippen LogP contribution in [0.5, 0.6) is 0 Å². The van der Waals surface area contributed by atoms with Crippen LogP contribution in [-0.2, 0) is 5.41 Å². The minimum absolute atomic E-state index is 0.184. The first kappa shape index (κ1) is 17.3. The lowest BCUT2D eigenvalue weighted by atomic mass is 9.74. The van der Waals surface area contributed by atoms with Crippen LogP contribution in [-0.4, -0.2) is 0 Å². The van der Waals surface area contributed by atoms with Crippen molar-refractivity contribution in [2.45, 2.75) is 32.6 Å². The first-order chi connectivity index (χ1) is 14.0. The molecular weight excluding hydrogens is 348 g/mol. The molecule has 3 aromatic rings. The van der Waals surface area contributed by atoms with Crippen LogP contribution in [0.25, 0.3) is 5.57 Å². The lowest BCUT2D eigenvalue weighted by Gasteiger charge is -2.29. The SMILES string of the molecule is CC1(C)[C@H]2C[C@H]3[C@@](c4ccccc4)(C2=C(c2ccccc2)c2ccccc2)[C@]31C. The molecule has 0 N–H and O–H groups in total. The number of rotatable bonds is 3. The smallest absolute Gasteiger partial charge is 0.0270 e. The molecule has 7 rings (SSSR count). The van der Waals surface area contributed by atoms with Crippen LogP contribution in [0.15, 0.2) is 96.6 Å². The zero-order valence-corrected chi connectivity index (χ0v) is 17.5. The van der Waals surface area contributed by atoms with E-state index in [0.717, 1.165) is 5.92 Å². The van der Waals surface area contributed by atoms with Gasteiger partial charge in [0.05, 0.1) is 0 Å². The van der Waals surface area contributed by atoms with Crippen molar-refractivity contribution in [2.75, 3.05) is 0 Å². The summed E-state index contributed by atoms with van der Waals surface area (Å²) in [6, 6.07) is 33.6. The van der Waals surface area contributed by atoms with Gasteiger partial charge in [0.1, 0.15) is 0 Å². The predicted molar refractivity (Wildman–Crippen MR) is 121 cm³/mol. The molecule has 4 bridgehead atoms. The highest BCUT2D eigenvalue weighted by Gasteiger charge is 2.91. The van der Waals surface area contributed by atoms with Gasteiger partial charge in [-0.2, -0.15) is 0 Å². The Bertz CT molecular complexity index is 1060. The Hall–Kier alpha value is -2.60. The van der Waals surface area contributed by atoms with E-state index < -0.39 is 0 Å². The van der Waals surface area contributed by atoms with Gasteiger partial charge in [0, 0.05) is 5.41 Å². The van der Waals surface area contributed by atoms with Crippen LogP contribution < -0.4 is 0 Å². The maximum atomic E-state index is 2.57. The van der Waals surface area contributed by atoms with E-state index in [0.29, 0.717) is 16.7 Å². The maximum absolute atomic E-state index is 2.57. The second-order valence-corrected chi connectivity index (χ2v) is 9.96. The van der Waals surface area contributed by atoms with Crippen molar-refractivity contribution in [1.29, 1.82) is 0 Å². The Morgan fingerprint density at radius 3 is 1.62 bits per heavy atom. The van der Waals surface area contributed by atoms with E-state index in [-0.39, 0.29) is 5.41 Å². The molecular formula is C29H28. The fourth-order valence-corrected chi connectivity index (χ4v) is 7.61. The van der Waals surface area contributed by atoms with Crippen LogP contribution in [0.1, 0.15) is 43.9 Å². The summed E-state index contributed by atoms with van der Waals surface area (Å²) in [6.45, 7) is 7.64. The monoisotopic (exact) mass is 376 g/mol. The van der Waals surface area contributed by atoms with Gasteiger partial charge in [-0.15, -0.1) is 0 Å². The molecule has 29 heavy (non-hydrogen) atoms. The Morgan fingerprint density at radius 2 is 1.17 bits per heavy atom. The fourth-order valence-electron chi connectivity index (χ4n) is 7.61. The molecule has 144 valence electrons. The average Bonchev–Trinajstić information content (AvgIpc) is 2.95. The molecule has 4 aliphatic rings. The predicted octanol–water partition coefficient (Wildman–Crippen LogP) is 7.12. The van der Waals surface area contributed by atoms with Crippen molar-refractivity contribution >= 4 is 5.57 Å². The largest absolute Gasteiger partial charge is 0.0622 e. The second kappa shape index (κ2) is 5.51. The molecule has 0 saturated heterocycles. The molecule has 0 aromatic heterocycles. The lowest BCUT2D eigenvalue weighted by molar-refractivity contribution is 0.202. The molecule has 0 radical (unpaired) electrons. The third-order valence-corrected chi connectivity index (χ3v) is 9.03. The van der Waals surface area contributed by atoms with E-state index in [1.54, 1.807) is 5.57 Å². The third-order valence-electron chi connectivity index (χ3n) is 9.03. The second-order valence-electron chi connectivity index (χ2n) is 9.96. The van der Waals surface area contributed by atoms with Crippen molar-refractivity contribution in [3.8, 4) is 0 Å². The fraction of sp³-hybridized carbons (Fsp3) is 0.310. The first-order valence-electron chi connectivity index (χ1n) is 11.0. The molecule has 0 heterocycles. The Balaban J connectivity index is 1.72. The van der Waals surface area contributed by atoms with Crippen molar-refractivity contribution in [2.24, 2.45) is 22.7 Å². The normalized spacial score (nSPS) is 33.0. The van der Waals surface area contributed by atoms with Gasteiger partial charge < -0.3 is 0 Å². The maximum Gasteiger partial charge on any atom is 0.0270 e. The van der Waals surface area contributed by atoms with Crippen molar-refractivity contribution < 1.29 is 0 Å². The molecule has 3 aromatic carbocycles. The van der Waals surface area contributed by atoms with Gasteiger partial charge >= 0.3 is 0 Å². The first-order valence-corrected chi connectivity index (χ1v) is 11.0. The molecule has 4 fully saturated rings. The van der Waals surface area contributed by atoms with Gasteiger partial charge in [-0.25, -0.2) is 0 Å². The van der Waals surface area contributed by atoms with Crippen LogP contribution in [0.3, 0.4) is 0 Å². The van der Waals surface area contributed by atoms with E-state index in [9.17, 15) is 0 Å². The molecule has 4 aliphatic carbocycles. The van der Waals surface area contributed by atoms with E-state index in [2.05, 4.69) is 112 Å². The van der Waals surface area contributed by atoms with E-state index in [1.807, 2.05) is 0 Å². The number of hydrogen-bond donors (Lipinski definition) is 0. The summed E-state index contributed by atoms with van der Waals surface area (Å²) in [5.41, 5.74) is 8.29. The highest BCUT2D eigenvalue weighted by Crippen LogP contribution is 2.94. The van der Waals surface area contributed by atoms with Gasteiger partial charge in [-0.1, -0.05) is 112 Å². The quantitative estimate of drug-likeness (QED) is 0.456. The van der Waals surface area contributed by atoms with Crippen molar-refractivity contribution in [3.63, 3.8) is 0 Å². The summed E-state index contributed by atoms with van der Waals surface area (Å²) >= 11 is 0. The van der Waals surface area contributed by atoms with Gasteiger partial charge in [0.25, 0.3) is 0 Å². The van der Waals surface area contributed by atoms with Gasteiger partial charge in [0.2, 0.25) is 0 Å². The number of allylic oxidation sites excluding steroid dienone is 1. The molecule has 0 aliphatic heterocycles. The summed E-state index contributed by atoms with van der Waals surface area (Å²) in [4.78, 5) is 0. The third kappa shape index (κ3) is 1.82. The summed E-state index contributed by atoms with van der Waals surface area (Å²) in [5.74, 6) is 1.41. The van der Waals surface area contributed by atoms with Crippen molar-refractivity contribution in [1.82, 2.24) is 0 Å². The van der Waals surface area contributed by atoms with Gasteiger partial charge in [-0.3, -0.25) is 0 Å². The molecule has 0 heteroatoms. The summed E-state index contributed by atoms with van der Waals surface area (Å²) in [5, 5.41) is 0. The molecule has 4 saturated carbocycles. The van der Waals surface area contributed by atoms with Crippen LogP contribution in [0, 0.1) is 22.7 Å². The summed E-state index contributed by atoms with van der Waals surface area (Å²) < 4.78 is 0. The van der Waals surface area contributed by atoms with Crippen LogP contribution >= 0.6 is 0 Å². The zero-order chi connectivity index (χ0) is 19.9.